The van der Waals surface area contributed by atoms with E-state index in [1.807, 2.05) is 73.8 Å². The van der Waals surface area contributed by atoms with E-state index < -0.39 is 0 Å². The summed E-state index contributed by atoms with van der Waals surface area (Å²) >= 11 is 0. The topological polar surface area (TPSA) is 70.6 Å². The minimum absolute atomic E-state index is 0.0329. The first-order chi connectivity index (χ1) is 15.7. The van der Waals surface area contributed by atoms with Crippen molar-refractivity contribution >= 4 is 17.4 Å². The van der Waals surface area contributed by atoms with Crippen LogP contribution in [0, 0.1) is 0 Å². The van der Waals surface area contributed by atoms with Gasteiger partial charge in [-0.2, -0.15) is 5.10 Å². The molecule has 7 nitrogen and oxygen atoms in total. The third kappa shape index (κ3) is 6.04. The molecule has 1 saturated heterocycles. The van der Waals surface area contributed by atoms with Crippen LogP contribution in [-0.4, -0.2) is 53.7 Å². The molecule has 1 fully saturated rings. The van der Waals surface area contributed by atoms with Crippen molar-refractivity contribution in [1.82, 2.24) is 15.1 Å². The van der Waals surface area contributed by atoms with Crippen LogP contribution in [0.4, 0.5) is 11.5 Å². The summed E-state index contributed by atoms with van der Waals surface area (Å²) in [4.78, 5) is 16.9. The average Bonchev–Trinajstić information content (AvgIpc) is 3.27. The van der Waals surface area contributed by atoms with Crippen LogP contribution < -0.4 is 15.0 Å². The number of amides is 1. The lowest BCUT2D eigenvalue weighted by molar-refractivity contribution is -0.117. The fourth-order valence-electron chi connectivity index (χ4n) is 4.02. The van der Waals surface area contributed by atoms with Gasteiger partial charge < -0.3 is 15.0 Å². The van der Waals surface area contributed by atoms with Gasteiger partial charge in [0.2, 0.25) is 5.91 Å². The van der Waals surface area contributed by atoms with Crippen LogP contribution in [0.2, 0.25) is 0 Å². The van der Waals surface area contributed by atoms with Gasteiger partial charge in [-0.3, -0.25) is 9.69 Å². The molecular formula is C25H29N5O2. The number of hydrogen-bond donors (Lipinski definition) is 1. The Labute approximate surface area is 189 Å². The lowest BCUT2D eigenvalue weighted by atomic mass is 10.2. The third-order valence-corrected chi connectivity index (χ3v) is 5.55. The minimum atomic E-state index is -0.0329. The van der Waals surface area contributed by atoms with Crippen molar-refractivity contribution < 1.29 is 9.53 Å². The number of ether oxygens (including phenoxy) is 1. The molecule has 0 aliphatic carbocycles. The molecule has 166 valence electrons. The van der Waals surface area contributed by atoms with Crippen molar-refractivity contribution in [3.05, 3.63) is 78.5 Å². The molecule has 2 aromatic carbocycles. The van der Waals surface area contributed by atoms with Crippen LogP contribution in [0.15, 0.2) is 72.9 Å². The number of likely N-dealkylation sites (N-methyl/N-ethyl adjacent to an activating group) is 1. The van der Waals surface area contributed by atoms with Gasteiger partial charge in [-0.1, -0.05) is 30.3 Å². The van der Waals surface area contributed by atoms with Crippen molar-refractivity contribution in [2.24, 2.45) is 0 Å². The fraction of sp³-hybridized carbons (Fsp3) is 0.320. The maximum absolute atomic E-state index is 12.5. The minimum Gasteiger partial charge on any atom is -0.489 e. The Hall–Kier alpha value is -3.45. The van der Waals surface area contributed by atoms with Gasteiger partial charge >= 0.3 is 0 Å². The zero-order chi connectivity index (χ0) is 22.2. The van der Waals surface area contributed by atoms with Crippen LogP contribution >= 0.6 is 0 Å². The number of nitrogens with zero attached hydrogens (tertiary/aromatic N) is 4. The predicted octanol–water partition coefficient (Wildman–Crippen LogP) is 3.59. The molecular weight excluding hydrogens is 402 g/mol. The lowest BCUT2D eigenvalue weighted by Crippen LogP contribution is -2.42. The van der Waals surface area contributed by atoms with E-state index >= 15 is 0 Å². The number of hydrogen-bond acceptors (Lipinski definition) is 6. The number of nitrogens with one attached hydrogen (secondary N) is 1. The second-order valence-electron chi connectivity index (χ2n) is 8.11. The van der Waals surface area contributed by atoms with Crippen molar-refractivity contribution in [3.63, 3.8) is 0 Å². The molecule has 1 amide bonds. The van der Waals surface area contributed by atoms with E-state index in [-0.39, 0.29) is 5.91 Å². The highest BCUT2D eigenvalue weighted by atomic mass is 16.5. The molecule has 7 heteroatoms. The smallest absolute Gasteiger partial charge is 0.238 e. The Balaban J connectivity index is 1.23. The van der Waals surface area contributed by atoms with Gasteiger partial charge in [0.25, 0.3) is 0 Å². The molecule has 0 radical (unpaired) electrons. The van der Waals surface area contributed by atoms with Gasteiger partial charge in [0, 0.05) is 31.0 Å². The number of benzene rings is 2. The highest BCUT2D eigenvalue weighted by Crippen LogP contribution is 2.23. The predicted molar refractivity (Wildman–Crippen MR) is 126 cm³/mol. The summed E-state index contributed by atoms with van der Waals surface area (Å²) < 4.78 is 5.80. The van der Waals surface area contributed by atoms with E-state index in [1.165, 1.54) is 0 Å². The zero-order valence-corrected chi connectivity index (χ0v) is 18.4. The van der Waals surface area contributed by atoms with Crippen molar-refractivity contribution in [3.8, 4) is 5.75 Å². The largest absolute Gasteiger partial charge is 0.489 e. The highest BCUT2D eigenvalue weighted by molar-refractivity contribution is 5.92. The Morgan fingerprint density at radius 3 is 2.69 bits per heavy atom. The average molecular weight is 432 g/mol. The Kier molecular flexibility index (Phi) is 7.30. The van der Waals surface area contributed by atoms with Gasteiger partial charge in [-0.15, -0.1) is 5.10 Å². The second-order valence-corrected chi connectivity index (χ2v) is 8.11. The summed E-state index contributed by atoms with van der Waals surface area (Å²) in [7, 11) is 1.98. The molecule has 0 saturated carbocycles. The molecule has 1 unspecified atom stereocenters. The number of anilines is 2. The molecule has 0 bridgehead atoms. The van der Waals surface area contributed by atoms with E-state index in [0.29, 0.717) is 19.2 Å². The maximum Gasteiger partial charge on any atom is 0.238 e. The van der Waals surface area contributed by atoms with Crippen LogP contribution in [0.3, 0.4) is 0 Å². The SMILES string of the molecule is CN(CC(=O)Nc1ccc(OCc2ccccc2)cc1)CC1CCCN1c1cccnn1. The number of aromatic nitrogens is 2. The van der Waals surface area contributed by atoms with E-state index in [0.717, 1.165) is 48.7 Å². The lowest BCUT2D eigenvalue weighted by Gasteiger charge is -2.28. The van der Waals surface area contributed by atoms with E-state index in [1.54, 1.807) is 6.20 Å². The highest BCUT2D eigenvalue weighted by Gasteiger charge is 2.27. The quantitative estimate of drug-likeness (QED) is 0.558. The zero-order valence-electron chi connectivity index (χ0n) is 18.4. The first-order valence-electron chi connectivity index (χ1n) is 11.0. The Morgan fingerprint density at radius 1 is 1.12 bits per heavy atom. The molecule has 1 aromatic heterocycles. The van der Waals surface area contributed by atoms with Gasteiger partial charge in [0.1, 0.15) is 12.4 Å². The van der Waals surface area contributed by atoms with E-state index in [9.17, 15) is 4.79 Å². The molecule has 1 N–H and O–H groups in total. The number of carbonyl (C=O) groups excluding carboxylic acids is 1. The first-order valence-corrected chi connectivity index (χ1v) is 11.0. The third-order valence-electron chi connectivity index (χ3n) is 5.55. The Morgan fingerprint density at radius 2 is 1.94 bits per heavy atom. The molecule has 2 heterocycles. The molecule has 0 spiro atoms. The summed E-state index contributed by atoms with van der Waals surface area (Å²) in [5.74, 6) is 1.64. The van der Waals surface area contributed by atoms with Crippen LogP contribution in [0.1, 0.15) is 18.4 Å². The van der Waals surface area contributed by atoms with Gasteiger partial charge in [0.05, 0.1) is 6.54 Å². The summed E-state index contributed by atoms with van der Waals surface area (Å²) in [6, 6.07) is 21.8. The summed E-state index contributed by atoms with van der Waals surface area (Å²) in [6.07, 6.45) is 3.90. The summed E-state index contributed by atoms with van der Waals surface area (Å²) in [6.45, 7) is 2.62. The Bertz CT molecular complexity index is 982. The second kappa shape index (κ2) is 10.7. The molecule has 1 aliphatic rings. The van der Waals surface area contributed by atoms with Crippen LogP contribution in [-0.2, 0) is 11.4 Å². The molecule has 1 atom stereocenters. The van der Waals surface area contributed by atoms with Gasteiger partial charge in [0.15, 0.2) is 5.82 Å². The van der Waals surface area contributed by atoms with Crippen LogP contribution in [0.25, 0.3) is 0 Å². The monoisotopic (exact) mass is 431 g/mol. The van der Waals surface area contributed by atoms with E-state index in [4.69, 9.17) is 4.74 Å². The standard InChI is InChI=1S/C25H29N5O2/c1-29(17-22-9-6-16-30(22)24-10-5-15-26-28-24)18-25(31)27-21-11-13-23(14-12-21)32-19-20-7-3-2-4-8-20/h2-5,7-8,10-15,22H,6,9,16-19H2,1H3,(H,27,31). The normalized spacial score (nSPS) is 15.7. The van der Waals surface area contributed by atoms with E-state index in [2.05, 4.69) is 25.3 Å². The number of carbonyl (C=O) groups is 1. The fourth-order valence-corrected chi connectivity index (χ4v) is 4.02. The molecule has 32 heavy (non-hydrogen) atoms. The number of rotatable bonds is 9. The summed E-state index contributed by atoms with van der Waals surface area (Å²) in [5.41, 5.74) is 1.88. The summed E-state index contributed by atoms with van der Waals surface area (Å²) in [5, 5.41) is 11.2. The molecule has 4 rings (SSSR count). The maximum atomic E-state index is 12.5. The van der Waals surface area contributed by atoms with Crippen LogP contribution in [0.5, 0.6) is 5.75 Å². The van der Waals surface area contributed by atoms with Gasteiger partial charge in [-0.05, 0) is 61.9 Å². The molecule has 1 aliphatic heterocycles. The van der Waals surface area contributed by atoms with Crippen molar-refractivity contribution in [1.29, 1.82) is 0 Å². The first kappa shape index (κ1) is 21.8. The van der Waals surface area contributed by atoms with Gasteiger partial charge in [-0.25, -0.2) is 0 Å². The van der Waals surface area contributed by atoms with Crippen molar-refractivity contribution in [2.75, 3.05) is 36.9 Å². The van der Waals surface area contributed by atoms with Crippen molar-refractivity contribution in [2.45, 2.75) is 25.5 Å². The molecule has 3 aromatic rings.